The molecule has 0 saturated heterocycles. The van der Waals surface area contributed by atoms with Gasteiger partial charge in [-0.05, 0) is 43.7 Å². The van der Waals surface area contributed by atoms with Gasteiger partial charge in [-0.2, -0.15) is 0 Å². The van der Waals surface area contributed by atoms with Crippen LogP contribution in [-0.2, 0) is 0 Å². The number of benzene rings is 2. The second-order valence-electron chi connectivity index (χ2n) is 5.98. The summed E-state index contributed by atoms with van der Waals surface area (Å²) >= 11 is 12.3. The maximum Gasteiger partial charge on any atom is 0.252 e. The fourth-order valence-corrected chi connectivity index (χ4v) is 3.11. The first-order valence-electron chi connectivity index (χ1n) is 8.15. The number of amides is 1. The first-order chi connectivity index (χ1) is 12.0. The third kappa shape index (κ3) is 3.78. The van der Waals surface area contributed by atoms with Crippen molar-refractivity contribution in [3.63, 3.8) is 0 Å². The van der Waals surface area contributed by atoms with Gasteiger partial charge in [-0.3, -0.25) is 4.79 Å². The number of rotatable bonds is 4. The summed E-state index contributed by atoms with van der Waals surface area (Å²) in [6.45, 7) is 4.02. The van der Waals surface area contributed by atoms with E-state index >= 15 is 0 Å². The SMILES string of the molecule is CCC(C)NC(=O)c1cc(-c2ccc(Cl)cc2Cl)nc2ccccc12. The minimum atomic E-state index is -0.112. The van der Waals surface area contributed by atoms with Crippen LogP contribution in [0.2, 0.25) is 10.0 Å². The maximum absolute atomic E-state index is 12.8. The molecule has 0 spiro atoms. The van der Waals surface area contributed by atoms with Gasteiger partial charge in [0.25, 0.3) is 5.91 Å². The van der Waals surface area contributed by atoms with Crippen LogP contribution < -0.4 is 5.32 Å². The summed E-state index contributed by atoms with van der Waals surface area (Å²) in [5.74, 6) is -0.112. The van der Waals surface area contributed by atoms with Crippen molar-refractivity contribution in [3.8, 4) is 11.3 Å². The lowest BCUT2D eigenvalue weighted by atomic mass is 10.0. The molecule has 0 aliphatic carbocycles. The minimum absolute atomic E-state index is 0.0991. The predicted octanol–water partition coefficient (Wildman–Crippen LogP) is 5.74. The standard InChI is InChI=1S/C20H18Cl2N2O/c1-3-12(2)23-20(25)16-11-19(15-9-8-13(21)10-17(15)22)24-18-7-5-4-6-14(16)18/h4-12H,3H2,1-2H3,(H,23,25). The minimum Gasteiger partial charge on any atom is -0.350 e. The summed E-state index contributed by atoms with van der Waals surface area (Å²) in [5, 5.41) is 4.90. The van der Waals surface area contributed by atoms with Gasteiger partial charge < -0.3 is 5.32 Å². The van der Waals surface area contributed by atoms with E-state index in [1.54, 1.807) is 18.2 Å². The molecule has 5 heteroatoms. The molecule has 3 nitrogen and oxygen atoms in total. The number of halogens is 2. The van der Waals surface area contributed by atoms with Crippen LogP contribution >= 0.6 is 23.2 Å². The quantitative estimate of drug-likeness (QED) is 0.634. The number of fused-ring (bicyclic) bond motifs is 1. The normalized spacial score (nSPS) is 12.2. The zero-order valence-corrected chi connectivity index (χ0v) is 15.5. The van der Waals surface area contributed by atoms with E-state index < -0.39 is 0 Å². The molecule has 1 N–H and O–H groups in total. The van der Waals surface area contributed by atoms with Crippen LogP contribution in [0.4, 0.5) is 0 Å². The van der Waals surface area contributed by atoms with Gasteiger partial charge >= 0.3 is 0 Å². The van der Waals surface area contributed by atoms with Gasteiger partial charge in [-0.25, -0.2) is 4.98 Å². The Kier molecular flexibility index (Phi) is 5.26. The van der Waals surface area contributed by atoms with Crippen molar-refractivity contribution >= 4 is 40.0 Å². The Balaban J connectivity index is 2.17. The van der Waals surface area contributed by atoms with Gasteiger partial charge in [0.2, 0.25) is 0 Å². The summed E-state index contributed by atoms with van der Waals surface area (Å²) in [6, 6.07) is 14.7. The molecule has 0 fully saturated rings. The molecule has 1 heterocycles. The van der Waals surface area contributed by atoms with E-state index in [-0.39, 0.29) is 11.9 Å². The summed E-state index contributed by atoms with van der Waals surface area (Å²) < 4.78 is 0. The Hall–Kier alpha value is -2.10. The van der Waals surface area contributed by atoms with Gasteiger partial charge in [0, 0.05) is 22.0 Å². The molecule has 0 aliphatic rings. The Morgan fingerprint density at radius 3 is 2.64 bits per heavy atom. The number of nitrogens with one attached hydrogen (secondary N) is 1. The Labute approximate surface area is 157 Å². The zero-order chi connectivity index (χ0) is 18.0. The summed E-state index contributed by atoms with van der Waals surface area (Å²) in [5.41, 5.74) is 2.73. The third-order valence-corrected chi connectivity index (χ3v) is 4.71. The van der Waals surface area contributed by atoms with Gasteiger partial charge in [-0.15, -0.1) is 0 Å². The Morgan fingerprint density at radius 2 is 1.92 bits per heavy atom. The largest absolute Gasteiger partial charge is 0.350 e. The lowest BCUT2D eigenvalue weighted by molar-refractivity contribution is 0.0941. The molecule has 25 heavy (non-hydrogen) atoms. The molecule has 1 aromatic heterocycles. The second kappa shape index (κ2) is 7.42. The molecular weight excluding hydrogens is 355 g/mol. The van der Waals surface area contributed by atoms with Crippen molar-refractivity contribution in [2.24, 2.45) is 0 Å². The average Bonchev–Trinajstić information content (AvgIpc) is 2.60. The first kappa shape index (κ1) is 17.7. The van der Waals surface area contributed by atoms with E-state index in [9.17, 15) is 4.79 Å². The number of aromatic nitrogens is 1. The highest BCUT2D eigenvalue weighted by molar-refractivity contribution is 6.36. The fraction of sp³-hybridized carbons (Fsp3) is 0.200. The van der Waals surface area contributed by atoms with Crippen LogP contribution in [0.15, 0.2) is 48.5 Å². The van der Waals surface area contributed by atoms with Crippen molar-refractivity contribution in [1.29, 1.82) is 0 Å². The summed E-state index contributed by atoms with van der Waals surface area (Å²) in [7, 11) is 0. The van der Waals surface area contributed by atoms with E-state index in [0.717, 1.165) is 22.9 Å². The monoisotopic (exact) mass is 372 g/mol. The Morgan fingerprint density at radius 1 is 1.16 bits per heavy atom. The second-order valence-corrected chi connectivity index (χ2v) is 6.82. The number of hydrogen-bond donors (Lipinski definition) is 1. The summed E-state index contributed by atoms with van der Waals surface area (Å²) in [6.07, 6.45) is 0.866. The van der Waals surface area contributed by atoms with Gasteiger partial charge in [-0.1, -0.05) is 48.3 Å². The van der Waals surface area contributed by atoms with E-state index in [2.05, 4.69) is 10.3 Å². The molecule has 0 saturated carbocycles. The predicted molar refractivity (Wildman–Crippen MR) is 104 cm³/mol. The molecule has 1 unspecified atom stereocenters. The van der Waals surface area contributed by atoms with Gasteiger partial charge in [0.15, 0.2) is 0 Å². The number of pyridine rings is 1. The molecule has 1 amide bonds. The smallest absolute Gasteiger partial charge is 0.252 e. The van der Waals surface area contributed by atoms with Crippen molar-refractivity contribution < 1.29 is 4.79 Å². The highest BCUT2D eigenvalue weighted by Gasteiger charge is 2.16. The fourth-order valence-electron chi connectivity index (χ4n) is 2.60. The van der Waals surface area contributed by atoms with Crippen LogP contribution in [0.1, 0.15) is 30.6 Å². The van der Waals surface area contributed by atoms with Crippen molar-refractivity contribution in [3.05, 3.63) is 64.1 Å². The number of para-hydroxylation sites is 1. The van der Waals surface area contributed by atoms with Crippen LogP contribution in [-0.4, -0.2) is 16.9 Å². The van der Waals surface area contributed by atoms with E-state index in [1.807, 2.05) is 44.2 Å². The van der Waals surface area contributed by atoms with Crippen molar-refractivity contribution in [1.82, 2.24) is 10.3 Å². The number of carbonyl (C=O) groups excluding carboxylic acids is 1. The molecule has 0 aliphatic heterocycles. The summed E-state index contributed by atoms with van der Waals surface area (Å²) in [4.78, 5) is 17.4. The zero-order valence-electron chi connectivity index (χ0n) is 14.0. The third-order valence-electron chi connectivity index (χ3n) is 4.16. The lowest BCUT2D eigenvalue weighted by Gasteiger charge is -2.14. The van der Waals surface area contributed by atoms with Crippen LogP contribution in [0, 0.1) is 0 Å². The molecular formula is C20H18Cl2N2O. The number of hydrogen-bond acceptors (Lipinski definition) is 2. The first-order valence-corrected chi connectivity index (χ1v) is 8.91. The average molecular weight is 373 g/mol. The lowest BCUT2D eigenvalue weighted by Crippen LogP contribution is -2.32. The van der Waals surface area contributed by atoms with Crippen molar-refractivity contribution in [2.45, 2.75) is 26.3 Å². The molecule has 3 aromatic rings. The number of nitrogens with zero attached hydrogens (tertiary/aromatic N) is 1. The van der Waals surface area contributed by atoms with E-state index in [1.165, 1.54) is 0 Å². The van der Waals surface area contributed by atoms with Crippen LogP contribution in [0.25, 0.3) is 22.2 Å². The highest BCUT2D eigenvalue weighted by atomic mass is 35.5. The molecule has 1 atom stereocenters. The molecule has 0 radical (unpaired) electrons. The van der Waals surface area contributed by atoms with E-state index in [4.69, 9.17) is 23.2 Å². The molecule has 128 valence electrons. The van der Waals surface area contributed by atoms with Gasteiger partial charge in [0.05, 0.1) is 21.8 Å². The maximum atomic E-state index is 12.8. The van der Waals surface area contributed by atoms with Crippen molar-refractivity contribution in [2.75, 3.05) is 0 Å². The Bertz CT molecular complexity index is 940. The topological polar surface area (TPSA) is 42.0 Å². The molecule has 3 rings (SSSR count). The van der Waals surface area contributed by atoms with Gasteiger partial charge in [0.1, 0.15) is 0 Å². The van der Waals surface area contributed by atoms with Crippen LogP contribution in [0.5, 0.6) is 0 Å². The van der Waals surface area contributed by atoms with E-state index in [0.29, 0.717) is 21.3 Å². The van der Waals surface area contributed by atoms with Crippen LogP contribution in [0.3, 0.4) is 0 Å². The number of carbonyl (C=O) groups is 1. The molecule has 2 aromatic carbocycles. The molecule has 0 bridgehead atoms. The highest BCUT2D eigenvalue weighted by Crippen LogP contribution is 2.31.